The van der Waals surface area contributed by atoms with Gasteiger partial charge in [0.25, 0.3) is 10.9 Å². The first kappa shape index (κ1) is 19.4. The number of non-ortho nitro benzene ring substituents is 1. The summed E-state index contributed by atoms with van der Waals surface area (Å²) in [5, 5.41) is 21.5. The lowest BCUT2D eigenvalue weighted by Gasteiger charge is -2.16. The van der Waals surface area contributed by atoms with Crippen LogP contribution >= 0.6 is 11.8 Å². The van der Waals surface area contributed by atoms with E-state index in [1.54, 1.807) is 31.2 Å². The highest BCUT2D eigenvalue weighted by Crippen LogP contribution is 2.35. The number of nitrogens with zero attached hydrogens (tertiary/aromatic N) is 2. The lowest BCUT2D eigenvalue weighted by atomic mass is 10.1. The zero-order valence-electron chi connectivity index (χ0n) is 14.6. The monoisotopic (exact) mass is 401 g/mol. The van der Waals surface area contributed by atoms with Gasteiger partial charge in [-0.05, 0) is 36.4 Å². The molecule has 1 atom stereocenters. The quantitative estimate of drug-likeness (QED) is 0.447. The lowest BCUT2D eigenvalue weighted by Crippen LogP contribution is -2.33. The topological polar surface area (TPSA) is 130 Å². The van der Waals surface area contributed by atoms with Gasteiger partial charge in [0.05, 0.1) is 22.4 Å². The van der Waals surface area contributed by atoms with E-state index in [0.717, 1.165) is 34.4 Å². The molecule has 0 saturated carbocycles. The number of para-hydroxylation sites is 1. The van der Waals surface area contributed by atoms with Gasteiger partial charge in [0, 0.05) is 12.5 Å². The number of phenolic OH excluding ortho intramolecular Hbond substituents is 1. The number of nitro benzene ring substituents is 1. The van der Waals surface area contributed by atoms with E-state index in [4.69, 9.17) is 0 Å². The molecule has 2 aromatic rings. The Morgan fingerprint density at radius 1 is 1.29 bits per heavy atom. The van der Waals surface area contributed by atoms with Crippen molar-refractivity contribution in [3.63, 3.8) is 0 Å². The maximum absolute atomic E-state index is 12.6. The van der Waals surface area contributed by atoms with E-state index in [0.29, 0.717) is 5.69 Å². The molecule has 0 bridgehead atoms. The molecular weight excluding hydrogens is 386 g/mol. The SMILES string of the molecule is Cc1ccccc1N1C(=O)SC(CC(=O)Nc2ccc([N+](=O)[O-])cc2O)C1=O. The van der Waals surface area contributed by atoms with Crippen molar-refractivity contribution >= 4 is 45.9 Å². The minimum Gasteiger partial charge on any atom is -0.506 e. The second-order valence-corrected chi connectivity index (χ2v) is 7.20. The fraction of sp³-hybridized carbons (Fsp3) is 0.167. The molecule has 2 N–H and O–H groups in total. The van der Waals surface area contributed by atoms with E-state index in [-0.39, 0.29) is 17.8 Å². The molecule has 1 fully saturated rings. The summed E-state index contributed by atoms with van der Waals surface area (Å²) in [4.78, 5) is 48.2. The molecule has 1 unspecified atom stereocenters. The Morgan fingerprint density at radius 2 is 2.00 bits per heavy atom. The van der Waals surface area contributed by atoms with Gasteiger partial charge in [0.2, 0.25) is 11.8 Å². The van der Waals surface area contributed by atoms with Crippen LogP contribution < -0.4 is 10.2 Å². The molecular formula is C18H15N3O6S. The Morgan fingerprint density at radius 3 is 2.64 bits per heavy atom. The van der Waals surface area contributed by atoms with Gasteiger partial charge in [-0.15, -0.1) is 0 Å². The molecule has 144 valence electrons. The minimum atomic E-state index is -0.896. The molecule has 3 rings (SSSR count). The van der Waals surface area contributed by atoms with Gasteiger partial charge in [0.1, 0.15) is 11.0 Å². The zero-order valence-corrected chi connectivity index (χ0v) is 15.4. The van der Waals surface area contributed by atoms with Gasteiger partial charge in [-0.1, -0.05) is 18.2 Å². The summed E-state index contributed by atoms with van der Waals surface area (Å²) < 4.78 is 0. The number of aromatic hydroxyl groups is 1. The number of phenols is 1. The number of hydrogen-bond acceptors (Lipinski definition) is 7. The number of anilines is 2. The summed E-state index contributed by atoms with van der Waals surface area (Å²) in [6.45, 7) is 1.78. The molecule has 10 heteroatoms. The maximum atomic E-state index is 12.6. The van der Waals surface area contributed by atoms with Crippen LogP contribution in [0.15, 0.2) is 42.5 Å². The average molecular weight is 401 g/mol. The molecule has 1 aliphatic rings. The van der Waals surface area contributed by atoms with Crippen LogP contribution in [0.1, 0.15) is 12.0 Å². The van der Waals surface area contributed by atoms with Crippen LogP contribution in [0, 0.1) is 17.0 Å². The summed E-state index contributed by atoms with van der Waals surface area (Å²) in [6, 6.07) is 10.2. The first-order valence-corrected chi connectivity index (χ1v) is 9.03. The summed E-state index contributed by atoms with van der Waals surface area (Å²) in [6.07, 6.45) is -0.284. The molecule has 0 spiro atoms. The van der Waals surface area contributed by atoms with E-state index in [2.05, 4.69) is 5.32 Å². The molecule has 2 aromatic carbocycles. The third kappa shape index (κ3) is 3.81. The number of thioether (sulfide) groups is 1. The van der Waals surface area contributed by atoms with Crippen LogP contribution in [0.25, 0.3) is 0 Å². The van der Waals surface area contributed by atoms with Crippen LogP contribution in [-0.2, 0) is 9.59 Å². The molecule has 0 radical (unpaired) electrons. The summed E-state index contributed by atoms with van der Waals surface area (Å²) in [5.74, 6) is -1.56. The lowest BCUT2D eigenvalue weighted by molar-refractivity contribution is -0.384. The predicted octanol–water partition coefficient (Wildman–Crippen LogP) is 3.21. The summed E-state index contributed by atoms with van der Waals surface area (Å²) in [5.41, 5.74) is 0.885. The molecule has 3 amide bonds. The molecule has 1 saturated heterocycles. The van der Waals surface area contributed by atoms with Gasteiger partial charge < -0.3 is 10.4 Å². The van der Waals surface area contributed by atoms with Crippen LogP contribution in [0.4, 0.5) is 21.9 Å². The second-order valence-electron chi connectivity index (χ2n) is 6.04. The Labute approximate surface area is 163 Å². The number of carbonyl (C=O) groups excluding carboxylic acids is 3. The first-order chi connectivity index (χ1) is 13.3. The minimum absolute atomic E-state index is 0.0202. The van der Waals surface area contributed by atoms with Gasteiger partial charge >= 0.3 is 0 Å². The van der Waals surface area contributed by atoms with Crippen molar-refractivity contribution in [1.29, 1.82) is 0 Å². The van der Waals surface area contributed by atoms with Gasteiger partial charge in [-0.25, -0.2) is 4.90 Å². The normalized spacial score (nSPS) is 16.3. The Hall–Kier alpha value is -3.40. The predicted molar refractivity (Wildman–Crippen MR) is 103 cm³/mol. The van der Waals surface area contributed by atoms with E-state index < -0.39 is 33.0 Å². The van der Waals surface area contributed by atoms with E-state index in [1.165, 1.54) is 6.07 Å². The highest BCUT2D eigenvalue weighted by molar-refractivity contribution is 8.15. The van der Waals surface area contributed by atoms with E-state index in [9.17, 15) is 29.6 Å². The molecule has 0 aliphatic carbocycles. The van der Waals surface area contributed by atoms with Gasteiger partial charge in [-0.3, -0.25) is 24.5 Å². The van der Waals surface area contributed by atoms with Crippen molar-refractivity contribution in [2.75, 3.05) is 10.2 Å². The number of imide groups is 1. The Balaban J connectivity index is 1.70. The van der Waals surface area contributed by atoms with Gasteiger partial charge in [0.15, 0.2) is 0 Å². The largest absolute Gasteiger partial charge is 0.506 e. The highest BCUT2D eigenvalue weighted by atomic mass is 32.2. The number of aryl methyl sites for hydroxylation is 1. The van der Waals surface area contributed by atoms with Gasteiger partial charge in [-0.2, -0.15) is 0 Å². The third-order valence-electron chi connectivity index (χ3n) is 4.11. The van der Waals surface area contributed by atoms with Crippen molar-refractivity contribution in [3.8, 4) is 5.75 Å². The van der Waals surface area contributed by atoms with Crippen molar-refractivity contribution in [3.05, 3.63) is 58.1 Å². The fourth-order valence-electron chi connectivity index (χ4n) is 2.73. The number of nitro groups is 1. The molecule has 9 nitrogen and oxygen atoms in total. The molecule has 1 aliphatic heterocycles. The van der Waals surface area contributed by atoms with Crippen LogP contribution in [0.2, 0.25) is 0 Å². The molecule has 1 heterocycles. The fourth-order valence-corrected chi connectivity index (χ4v) is 3.71. The summed E-state index contributed by atoms with van der Waals surface area (Å²) >= 11 is 0.760. The number of carbonyl (C=O) groups is 3. The summed E-state index contributed by atoms with van der Waals surface area (Å²) in [7, 11) is 0. The number of benzene rings is 2. The standard InChI is InChI=1S/C18H15N3O6S/c1-10-4-2-3-5-13(10)20-17(24)15(28-18(20)25)9-16(23)19-12-7-6-11(21(26)27)8-14(12)22/h2-8,15,22H,9H2,1H3,(H,19,23). The zero-order chi connectivity index (χ0) is 20.4. The van der Waals surface area contributed by atoms with Crippen LogP contribution in [0.5, 0.6) is 5.75 Å². The average Bonchev–Trinajstić information content (AvgIpc) is 2.90. The number of amides is 3. The smallest absolute Gasteiger partial charge is 0.293 e. The Kier molecular flexibility index (Phi) is 5.32. The Bertz CT molecular complexity index is 993. The molecule has 28 heavy (non-hydrogen) atoms. The highest BCUT2D eigenvalue weighted by Gasteiger charge is 2.42. The van der Waals surface area contributed by atoms with Crippen LogP contribution in [0.3, 0.4) is 0 Å². The number of hydrogen-bond donors (Lipinski definition) is 2. The number of rotatable bonds is 5. The maximum Gasteiger partial charge on any atom is 0.293 e. The molecule has 0 aromatic heterocycles. The van der Waals surface area contributed by atoms with Crippen LogP contribution in [-0.4, -0.2) is 32.3 Å². The van der Waals surface area contributed by atoms with Crippen molar-refractivity contribution in [2.45, 2.75) is 18.6 Å². The third-order valence-corrected chi connectivity index (χ3v) is 5.15. The second kappa shape index (κ2) is 7.69. The van der Waals surface area contributed by atoms with Crippen molar-refractivity contribution in [1.82, 2.24) is 0 Å². The van der Waals surface area contributed by atoms with E-state index in [1.807, 2.05) is 0 Å². The van der Waals surface area contributed by atoms with E-state index >= 15 is 0 Å². The first-order valence-electron chi connectivity index (χ1n) is 8.15. The van der Waals surface area contributed by atoms with Crippen molar-refractivity contribution in [2.24, 2.45) is 0 Å². The van der Waals surface area contributed by atoms with Crippen molar-refractivity contribution < 1.29 is 24.4 Å². The number of nitrogens with one attached hydrogen (secondary N) is 1.